The highest BCUT2D eigenvalue weighted by atomic mass is 16.3. The summed E-state index contributed by atoms with van der Waals surface area (Å²) in [4.78, 5) is 15.6. The number of para-hydroxylation sites is 1. The van der Waals surface area contributed by atoms with E-state index in [4.69, 9.17) is 19.4 Å². The van der Waals surface area contributed by atoms with Crippen LogP contribution in [0.15, 0.2) is 168 Å². The molecule has 8 aromatic carbocycles. The van der Waals surface area contributed by atoms with Gasteiger partial charge in [-0.15, -0.1) is 0 Å². The maximum atomic E-state index is 6.63. The van der Waals surface area contributed by atoms with Gasteiger partial charge in [-0.1, -0.05) is 140 Å². The van der Waals surface area contributed by atoms with Gasteiger partial charge < -0.3 is 4.42 Å². The highest BCUT2D eigenvalue weighted by Gasteiger charge is 2.21. The molecule has 10 aromatic rings. The fraction of sp³-hybridized carbons (Fsp3) is 0. The summed E-state index contributed by atoms with van der Waals surface area (Å²) >= 11 is 0. The first-order chi connectivity index (χ1) is 24.3. The van der Waals surface area contributed by atoms with Crippen molar-refractivity contribution in [3.05, 3.63) is 164 Å². The lowest BCUT2D eigenvalue weighted by atomic mass is 9.93. The molecule has 0 radical (unpaired) electrons. The predicted octanol–water partition coefficient (Wildman–Crippen LogP) is 11.9. The Balaban J connectivity index is 1.30. The van der Waals surface area contributed by atoms with Crippen LogP contribution in [-0.4, -0.2) is 15.0 Å². The minimum absolute atomic E-state index is 0.615. The molecule has 0 amide bonds. The highest BCUT2D eigenvalue weighted by Crippen LogP contribution is 2.43. The third-order valence-corrected chi connectivity index (χ3v) is 9.48. The van der Waals surface area contributed by atoms with Gasteiger partial charge in [-0.05, 0) is 62.3 Å². The molecule has 0 spiro atoms. The molecule has 49 heavy (non-hydrogen) atoms. The number of hydrogen-bond acceptors (Lipinski definition) is 4. The molecule has 2 heterocycles. The molecule has 0 aliphatic heterocycles. The van der Waals surface area contributed by atoms with Gasteiger partial charge in [0.05, 0.1) is 0 Å². The average Bonchev–Trinajstić information content (AvgIpc) is 3.56. The van der Waals surface area contributed by atoms with Crippen molar-refractivity contribution in [3.8, 4) is 45.3 Å². The molecule has 0 N–H and O–H groups in total. The number of nitrogens with zero attached hydrogens (tertiary/aromatic N) is 3. The summed E-state index contributed by atoms with van der Waals surface area (Å²) in [5, 5.41) is 8.77. The van der Waals surface area contributed by atoms with Crippen LogP contribution in [0.25, 0.3) is 99.5 Å². The minimum Gasteiger partial charge on any atom is -0.455 e. The molecule has 0 saturated carbocycles. The zero-order valence-electron chi connectivity index (χ0n) is 26.3. The second-order valence-electron chi connectivity index (χ2n) is 12.4. The van der Waals surface area contributed by atoms with E-state index in [0.717, 1.165) is 71.3 Å². The van der Waals surface area contributed by atoms with Crippen molar-refractivity contribution < 1.29 is 4.42 Å². The van der Waals surface area contributed by atoms with Crippen LogP contribution in [0, 0.1) is 0 Å². The number of furan rings is 1. The molecule has 0 aliphatic carbocycles. The van der Waals surface area contributed by atoms with Crippen molar-refractivity contribution in [1.29, 1.82) is 0 Å². The Labute approximate surface area is 282 Å². The van der Waals surface area contributed by atoms with Crippen LogP contribution in [0.4, 0.5) is 0 Å². The fourth-order valence-electron chi connectivity index (χ4n) is 7.09. The van der Waals surface area contributed by atoms with E-state index in [0.29, 0.717) is 17.5 Å². The molecule has 0 saturated heterocycles. The van der Waals surface area contributed by atoms with Gasteiger partial charge in [-0.3, -0.25) is 0 Å². The molecular formula is C45H27N3O. The Bertz CT molecular complexity index is 2790. The van der Waals surface area contributed by atoms with Crippen molar-refractivity contribution >= 4 is 54.3 Å². The van der Waals surface area contributed by atoms with Crippen molar-refractivity contribution in [2.24, 2.45) is 0 Å². The highest BCUT2D eigenvalue weighted by molar-refractivity contribution is 6.22. The SMILES string of the molecule is c1ccc(-c2cccc3c(-c4nc(-c5ccc6ccccc6c5)nc(-c5ccc6ccccc6c5)n4)cc4c5ccccc5oc4c23)cc1. The van der Waals surface area contributed by atoms with Crippen LogP contribution in [0.2, 0.25) is 0 Å². The lowest BCUT2D eigenvalue weighted by molar-refractivity contribution is 0.673. The second kappa shape index (κ2) is 11.0. The number of fused-ring (bicyclic) bond motifs is 7. The van der Waals surface area contributed by atoms with E-state index >= 15 is 0 Å². The molecule has 0 fully saturated rings. The first-order valence-electron chi connectivity index (χ1n) is 16.4. The smallest absolute Gasteiger partial charge is 0.164 e. The van der Waals surface area contributed by atoms with Crippen molar-refractivity contribution in [1.82, 2.24) is 15.0 Å². The van der Waals surface area contributed by atoms with E-state index in [-0.39, 0.29) is 0 Å². The summed E-state index contributed by atoms with van der Waals surface area (Å²) < 4.78 is 6.63. The van der Waals surface area contributed by atoms with Crippen LogP contribution in [0.3, 0.4) is 0 Å². The predicted molar refractivity (Wildman–Crippen MR) is 201 cm³/mol. The molecule has 0 unspecified atom stereocenters. The minimum atomic E-state index is 0.615. The summed E-state index contributed by atoms with van der Waals surface area (Å²) in [6, 6.07) is 56.9. The maximum absolute atomic E-state index is 6.63. The lowest BCUT2D eigenvalue weighted by Gasteiger charge is -2.14. The van der Waals surface area contributed by atoms with E-state index in [9.17, 15) is 0 Å². The van der Waals surface area contributed by atoms with E-state index in [1.807, 2.05) is 18.2 Å². The molecule has 0 atom stereocenters. The third-order valence-electron chi connectivity index (χ3n) is 9.48. The Morgan fingerprint density at radius 3 is 1.61 bits per heavy atom. The van der Waals surface area contributed by atoms with Crippen LogP contribution >= 0.6 is 0 Å². The molecule has 228 valence electrons. The molecular weight excluding hydrogens is 599 g/mol. The zero-order valence-corrected chi connectivity index (χ0v) is 26.3. The van der Waals surface area contributed by atoms with Gasteiger partial charge in [-0.2, -0.15) is 0 Å². The largest absolute Gasteiger partial charge is 0.455 e. The molecule has 4 nitrogen and oxygen atoms in total. The Morgan fingerprint density at radius 2 is 0.918 bits per heavy atom. The third kappa shape index (κ3) is 4.57. The van der Waals surface area contributed by atoms with Crippen molar-refractivity contribution in [2.75, 3.05) is 0 Å². The lowest BCUT2D eigenvalue weighted by Crippen LogP contribution is -2.01. The first kappa shape index (κ1) is 27.5. The number of aromatic nitrogens is 3. The molecule has 2 aromatic heterocycles. The standard InChI is InChI=1S/C45H27N3O/c1-2-13-30(14-3-1)35-18-10-19-37-39(27-38-36-17-8-9-20-40(36)49-42(38)41(35)37)45-47-43(33-23-21-28-11-4-6-15-31(28)25-33)46-44(48-45)34-24-22-29-12-5-7-16-32(29)26-34/h1-27H. The van der Waals surface area contributed by atoms with E-state index < -0.39 is 0 Å². The van der Waals surface area contributed by atoms with Gasteiger partial charge in [-0.25, -0.2) is 15.0 Å². The molecule has 0 aliphatic rings. The van der Waals surface area contributed by atoms with Crippen LogP contribution in [-0.2, 0) is 0 Å². The normalized spacial score (nSPS) is 11.7. The quantitative estimate of drug-likeness (QED) is 0.195. The summed E-state index contributed by atoms with van der Waals surface area (Å²) in [6.07, 6.45) is 0. The average molecular weight is 626 g/mol. The van der Waals surface area contributed by atoms with Gasteiger partial charge in [0, 0.05) is 32.8 Å². The number of rotatable bonds is 4. The Morgan fingerprint density at radius 1 is 0.347 bits per heavy atom. The van der Waals surface area contributed by atoms with E-state index in [1.54, 1.807) is 0 Å². The Kier molecular flexibility index (Phi) is 6.15. The molecule has 0 bridgehead atoms. The van der Waals surface area contributed by atoms with Crippen LogP contribution in [0.5, 0.6) is 0 Å². The summed E-state index contributed by atoms with van der Waals surface area (Å²) in [6.45, 7) is 0. The number of hydrogen-bond donors (Lipinski definition) is 0. The van der Waals surface area contributed by atoms with Gasteiger partial charge in [0.2, 0.25) is 0 Å². The monoisotopic (exact) mass is 625 g/mol. The van der Waals surface area contributed by atoms with E-state index in [2.05, 4.69) is 146 Å². The van der Waals surface area contributed by atoms with Gasteiger partial charge in [0.1, 0.15) is 11.2 Å². The van der Waals surface area contributed by atoms with Crippen LogP contribution < -0.4 is 0 Å². The fourth-order valence-corrected chi connectivity index (χ4v) is 7.09. The molecule has 10 rings (SSSR count). The summed E-state index contributed by atoms with van der Waals surface area (Å²) in [5.41, 5.74) is 6.74. The molecule has 4 heteroatoms. The summed E-state index contributed by atoms with van der Waals surface area (Å²) in [5.74, 6) is 1.87. The van der Waals surface area contributed by atoms with Crippen LogP contribution in [0.1, 0.15) is 0 Å². The first-order valence-corrected chi connectivity index (χ1v) is 16.4. The maximum Gasteiger partial charge on any atom is 0.164 e. The van der Waals surface area contributed by atoms with Gasteiger partial charge >= 0.3 is 0 Å². The van der Waals surface area contributed by atoms with E-state index in [1.165, 1.54) is 10.8 Å². The van der Waals surface area contributed by atoms with Crippen molar-refractivity contribution in [2.45, 2.75) is 0 Å². The summed E-state index contributed by atoms with van der Waals surface area (Å²) in [7, 11) is 0. The second-order valence-corrected chi connectivity index (χ2v) is 12.4. The Hall–Kier alpha value is -6.65. The topological polar surface area (TPSA) is 51.8 Å². The van der Waals surface area contributed by atoms with Gasteiger partial charge in [0.25, 0.3) is 0 Å². The van der Waals surface area contributed by atoms with Gasteiger partial charge in [0.15, 0.2) is 17.5 Å². The zero-order chi connectivity index (χ0) is 32.3. The number of benzene rings is 8. The van der Waals surface area contributed by atoms with Crippen molar-refractivity contribution in [3.63, 3.8) is 0 Å².